The zero-order valence-electron chi connectivity index (χ0n) is 17.8. The van der Waals surface area contributed by atoms with Crippen molar-refractivity contribution in [2.75, 3.05) is 33.8 Å². The normalized spacial score (nSPS) is 10.6. The second-order valence-corrected chi connectivity index (χ2v) is 6.53. The number of benzene rings is 1. The Balaban J connectivity index is 1.88. The number of amides is 1. The summed E-state index contributed by atoms with van der Waals surface area (Å²) in [6.07, 6.45) is 3.00. The van der Waals surface area contributed by atoms with Crippen LogP contribution in [0.1, 0.15) is 28.9 Å². The molecule has 1 N–H and O–H groups in total. The number of fused-ring (bicyclic) bond motifs is 1. The minimum Gasteiger partial charge on any atom is -0.493 e. The minimum absolute atomic E-state index is 0.277. The fraction of sp³-hybridized carbons (Fsp3) is 0.333. The van der Waals surface area contributed by atoms with Crippen molar-refractivity contribution < 1.29 is 28.5 Å². The summed E-state index contributed by atoms with van der Waals surface area (Å²) in [5.41, 5.74) is 1.62. The van der Waals surface area contributed by atoms with Crippen LogP contribution < -0.4 is 19.5 Å². The van der Waals surface area contributed by atoms with Gasteiger partial charge in [0, 0.05) is 29.8 Å². The van der Waals surface area contributed by atoms with Gasteiger partial charge < -0.3 is 24.3 Å². The third-order valence-electron chi connectivity index (χ3n) is 4.62. The lowest BCUT2D eigenvalue weighted by Gasteiger charge is -2.14. The SMILES string of the molecule is COC(=O)CCCc1cc(NC(=O)c2cc(OC)c(OC)c(OC)c2)n2nccc2n1. The molecule has 0 saturated carbocycles. The van der Waals surface area contributed by atoms with Gasteiger partial charge in [0.2, 0.25) is 5.75 Å². The van der Waals surface area contributed by atoms with Crippen LogP contribution in [0.4, 0.5) is 5.82 Å². The fourth-order valence-corrected chi connectivity index (χ4v) is 3.10. The van der Waals surface area contributed by atoms with Crippen molar-refractivity contribution in [2.24, 2.45) is 0 Å². The summed E-state index contributed by atoms with van der Waals surface area (Å²) in [7, 11) is 5.81. The second-order valence-electron chi connectivity index (χ2n) is 6.53. The van der Waals surface area contributed by atoms with Crippen molar-refractivity contribution in [3.05, 3.63) is 41.7 Å². The number of hydrogen-bond acceptors (Lipinski definition) is 8. The highest BCUT2D eigenvalue weighted by Crippen LogP contribution is 2.38. The Labute approximate surface area is 179 Å². The fourth-order valence-electron chi connectivity index (χ4n) is 3.10. The van der Waals surface area contributed by atoms with Crippen LogP contribution in [0.15, 0.2) is 30.5 Å². The first-order valence-corrected chi connectivity index (χ1v) is 9.52. The number of methoxy groups -OCH3 is 4. The molecule has 0 aliphatic heterocycles. The molecule has 164 valence electrons. The molecule has 0 aliphatic rings. The minimum atomic E-state index is -0.386. The molecule has 0 spiro atoms. The topological polar surface area (TPSA) is 113 Å². The molecule has 1 amide bonds. The number of rotatable bonds is 9. The molecule has 0 radical (unpaired) electrons. The monoisotopic (exact) mass is 428 g/mol. The number of carbonyl (C=O) groups is 2. The molecule has 3 rings (SSSR count). The van der Waals surface area contributed by atoms with E-state index in [0.717, 1.165) is 5.69 Å². The van der Waals surface area contributed by atoms with Gasteiger partial charge >= 0.3 is 5.97 Å². The number of nitrogens with zero attached hydrogens (tertiary/aromatic N) is 3. The third-order valence-corrected chi connectivity index (χ3v) is 4.62. The molecule has 10 heteroatoms. The van der Waals surface area contributed by atoms with Crippen LogP contribution >= 0.6 is 0 Å². The van der Waals surface area contributed by atoms with E-state index in [1.54, 1.807) is 30.5 Å². The summed E-state index contributed by atoms with van der Waals surface area (Å²) in [5.74, 6) is 0.919. The first-order valence-electron chi connectivity index (χ1n) is 9.52. The van der Waals surface area contributed by atoms with E-state index in [9.17, 15) is 9.59 Å². The van der Waals surface area contributed by atoms with Crippen LogP contribution in [-0.2, 0) is 16.0 Å². The molecule has 31 heavy (non-hydrogen) atoms. The number of nitrogens with one attached hydrogen (secondary N) is 1. The summed E-state index contributed by atoms with van der Waals surface area (Å²) >= 11 is 0. The lowest BCUT2D eigenvalue weighted by Crippen LogP contribution is -2.16. The Morgan fingerprint density at radius 3 is 2.35 bits per heavy atom. The molecule has 0 aliphatic carbocycles. The Morgan fingerprint density at radius 1 is 1.03 bits per heavy atom. The van der Waals surface area contributed by atoms with Gasteiger partial charge in [-0.05, 0) is 25.0 Å². The van der Waals surface area contributed by atoms with Crippen LogP contribution in [0.5, 0.6) is 17.2 Å². The van der Waals surface area contributed by atoms with Crippen LogP contribution in [-0.4, -0.2) is 54.9 Å². The highest BCUT2D eigenvalue weighted by atomic mass is 16.5. The molecule has 10 nitrogen and oxygen atoms in total. The van der Waals surface area contributed by atoms with Gasteiger partial charge in [-0.25, -0.2) is 4.98 Å². The number of hydrogen-bond donors (Lipinski definition) is 1. The molecule has 0 atom stereocenters. The number of aryl methyl sites for hydroxylation is 1. The average Bonchev–Trinajstić information content (AvgIpc) is 3.26. The predicted octanol–water partition coefficient (Wildman–Crippen LogP) is 2.50. The van der Waals surface area contributed by atoms with Crippen LogP contribution in [0.3, 0.4) is 0 Å². The Morgan fingerprint density at radius 2 is 1.74 bits per heavy atom. The summed E-state index contributed by atoms with van der Waals surface area (Å²) in [6, 6.07) is 6.59. The number of carbonyl (C=O) groups excluding carboxylic acids is 2. The molecule has 1 aromatic carbocycles. The second kappa shape index (κ2) is 9.79. The van der Waals surface area contributed by atoms with Gasteiger partial charge in [-0.1, -0.05) is 0 Å². The van der Waals surface area contributed by atoms with Crippen molar-refractivity contribution in [3.63, 3.8) is 0 Å². The van der Waals surface area contributed by atoms with Crippen molar-refractivity contribution in [1.82, 2.24) is 14.6 Å². The lowest BCUT2D eigenvalue weighted by molar-refractivity contribution is -0.140. The van der Waals surface area contributed by atoms with Crippen molar-refractivity contribution in [2.45, 2.75) is 19.3 Å². The highest BCUT2D eigenvalue weighted by molar-refractivity contribution is 6.04. The number of ether oxygens (including phenoxy) is 4. The van der Waals surface area contributed by atoms with Gasteiger partial charge in [0.05, 0.1) is 34.6 Å². The van der Waals surface area contributed by atoms with Gasteiger partial charge in [0.25, 0.3) is 5.91 Å². The maximum Gasteiger partial charge on any atom is 0.305 e. The van der Waals surface area contributed by atoms with E-state index < -0.39 is 0 Å². The zero-order chi connectivity index (χ0) is 22.4. The molecule has 2 heterocycles. The highest BCUT2D eigenvalue weighted by Gasteiger charge is 2.18. The number of anilines is 1. The van der Waals surface area contributed by atoms with Crippen molar-refractivity contribution in [3.8, 4) is 17.2 Å². The van der Waals surface area contributed by atoms with E-state index in [4.69, 9.17) is 14.2 Å². The van der Waals surface area contributed by atoms with Crippen LogP contribution in [0.25, 0.3) is 5.65 Å². The smallest absolute Gasteiger partial charge is 0.305 e. The quantitative estimate of drug-likeness (QED) is 0.517. The summed E-state index contributed by atoms with van der Waals surface area (Å²) in [4.78, 5) is 28.8. The molecule has 0 saturated heterocycles. The van der Waals surface area contributed by atoms with E-state index in [1.807, 2.05) is 0 Å². The number of esters is 1. The molecule has 0 fully saturated rings. The van der Waals surface area contributed by atoms with E-state index in [0.29, 0.717) is 47.1 Å². The third kappa shape index (κ3) is 4.85. The maximum atomic E-state index is 13.0. The first-order chi connectivity index (χ1) is 15.0. The standard InChI is InChI=1S/C21H24N4O6/c1-28-15-10-13(11-16(29-2)20(15)31-4)21(27)24-18-12-14(6-5-7-19(26)30-3)23-17-8-9-22-25(17)18/h8-12H,5-7H2,1-4H3,(H,24,27). The summed E-state index contributed by atoms with van der Waals surface area (Å²) < 4.78 is 22.1. The number of aromatic nitrogens is 3. The molecule has 0 unspecified atom stereocenters. The Kier molecular flexibility index (Phi) is 6.91. The summed E-state index contributed by atoms with van der Waals surface area (Å²) in [5, 5.41) is 7.08. The Hall–Kier alpha value is -3.82. The van der Waals surface area contributed by atoms with Gasteiger partial charge in [-0.15, -0.1) is 0 Å². The molecular formula is C21H24N4O6. The first kappa shape index (κ1) is 21.9. The predicted molar refractivity (Wildman–Crippen MR) is 112 cm³/mol. The molecule has 2 aromatic heterocycles. The van der Waals surface area contributed by atoms with Crippen LogP contribution in [0, 0.1) is 0 Å². The van der Waals surface area contributed by atoms with E-state index in [2.05, 4.69) is 20.1 Å². The lowest BCUT2D eigenvalue weighted by atomic mass is 10.1. The van der Waals surface area contributed by atoms with Gasteiger partial charge in [-0.3, -0.25) is 9.59 Å². The largest absolute Gasteiger partial charge is 0.493 e. The average molecular weight is 428 g/mol. The van der Waals surface area contributed by atoms with E-state index >= 15 is 0 Å². The van der Waals surface area contributed by atoms with Crippen LogP contribution in [0.2, 0.25) is 0 Å². The summed E-state index contributed by atoms with van der Waals surface area (Å²) in [6.45, 7) is 0. The van der Waals surface area contributed by atoms with E-state index in [-0.39, 0.29) is 18.3 Å². The Bertz CT molecular complexity index is 1070. The van der Waals surface area contributed by atoms with Gasteiger partial charge in [-0.2, -0.15) is 9.61 Å². The van der Waals surface area contributed by atoms with Crippen molar-refractivity contribution in [1.29, 1.82) is 0 Å². The van der Waals surface area contributed by atoms with Crippen molar-refractivity contribution >= 4 is 23.3 Å². The maximum absolute atomic E-state index is 13.0. The zero-order valence-corrected chi connectivity index (χ0v) is 17.8. The molecule has 3 aromatic rings. The molecular weight excluding hydrogens is 404 g/mol. The van der Waals surface area contributed by atoms with E-state index in [1.165, 1.54) is 33.0 Å². The van der Waals surface area contributed by atoms with Gasteiger partial charge in [0.15, 0.2) is 17.1 Å². The molecule has 0 bridgehead atoms. The van der Waals surface area contributed by atoms with Gasteiger partial charge in [0.1, 0.15) is 5.82 Å².